The van der Waals surface area contributed by atoms with Crippen molar-refractivity contribution in [3.63, 3.8) is 0 Å². The molecule has 0 atom stereocenters. The number of carbonyl (C=O) groups excluding carboxylic acids is 1. The number of aromatic amines is 1. The van der Waals surface area contributed by atoms with Gasteiger partial charge in [0.2, 0.25) is 5.78 Å². The van der Waals surface area contributed by atoms with Crippen molar-refractivity contribution in [3.8, 4) is 6.07 Å². The van der Waals surface area contributed by atoms with Crippen molar-refractivity contribution in [2.75, 3.05) is 0 Å². The second-order valence-electron chi connectivity index (χ2n) is 6.35. The number of Topliss-reactive ketones (excluding diaryl/α,β-unsaturated/α-hetero) is 1. The lowest BCUT2D eigenvalue weighted by Crippen LogP contribution is -2.01. The maximum atomic E-state index is 12.9. The number of nitrogens with one attached hydrogen (secondary N) is 1. The van der Waals surface area contributed by atoms with Gasteiger partial charge in [0, 0.05) is 39.4 Å². The van der Waals surface area contributed by atoms with Crippen molar-refractivity contribution < 1.29 is 4.79 Å². The Kier molecular flexibility index (Phi) is 4.79. The molecule has 4 aromatic rings. The Hall–Kier alpha value is -3.62. The zero-order valence-electron chi connectivity index (χ0n) is 14.8. The predicted molar refractivity (Wildman–Crippen MR) is 109 cm³/mol. The summed E-state index contributed by atoms with van der Waals surface area (Å²) in [5, 5.41) is 15.1. The number of carbonyl (C=O) groups is 1. The monoisotopic (exact) mass is 386 g/mol. The van der Waals surface area contributed by atoms with Gasteiger partial charge in [-0.15, -0.1) is 0 Å². The van der Waals surface area contributed by atoms with Crippen LogP contribution >= 0.6 is 11.6 Å². The molecule has 1 N–H and O–H groups in total. The molecule has 0 amide bonds. The highest BCUT2D eigenvalue weighted by molar-refractivity contribution is 6.31. The van der Waals surface area contributed by atoms with Gasteiger partial charge in [-0.25, -0.2) is 0 Å². The summed E-state index contributed by atoms with van der Waals surface area (Å²) in [5.74, 6) is -0.341. The topological polar surface area (TPSA) is 74.5 Å². The number of H-pyrrole nitrogens is 1. The van der Waals surface area contributed by atoms with Crippen LogP contribution in [0.2, 0.25) is 5.02 Å². The summed E-state index contributed by atoms with van der Waals surface area (Å²) in [5.41, 5.74) is 3.06. The summed E-state index contributed by atoms with van der Waals surface area (Å²) in [6, 6.07) is 17.2. The van der Waals surface area contributed by atoms with Crippen LogP contribution in [0.1, 0.15) is 21.5 Å². The van der Waals surface area contributed by atoms with Gasteiger partial charge < -0.3 is 4.98 Å². The van der Waals surface area contributed by atoms with E-state index < -0.39 is 0 Å². The molecule has 0 radical (unpaired) electrons. The van der Waals surface area contributed by atoms with Crippen molar-refractivity contribution in [3.05, 3.63) is 94.4 Å². The van der Waals surface area contributed by atoms with Gasteiger partial charge in [0.1, 0.15) is 11.6 Å². The predicted octanol–water partition coefficient (Wildman–Crippen LogP) is 4.86. The quantitative estimate of drug-likeness (QED) is 0.302. The van der Waals surface area contributed by atoms with Crippen LogP contribution in [0.15, 0.2) is 72.7 Å². The van der Waals surface area contributed by atoms with Crippen molar-refractivity contribution in [1.82, 2.24) is 14.8 Å². The zero-order valence-corrected chi connectivity index (χ0v) is 15.5. The maximum Gasteiger partial charge on any atom is 0.205 e. The van der Waals surface area contributed by atoms with E-state index in [-0.39, 0.29) is 11.4 Å². The van der Waals surface area contributed by atoms with E-state index in [9.17, 15) is 10.1 Å². The fourth-order valence-electron chi connectivity index (χ4n) is 3.06. The molecule has 0 saturated carbocycles. The summed E-state index contributed by atoms with van der Waals surface area (Å²) in [6.45, 7) is 0.619. The summed E-state index contributed by atoms with van der Waals surface area (Å²) in [7, 11) is 0. The molecule has 0 aliphatic carbocycles. The van der Waals surface area contributed by atoms with Crippen LogP contribution in [0.3, 0.4) is 0 Å². The van der Waals surface area contributed by atoms with E-state index in [2.05, 4.69) is 10.1 Å². The van der Waals surface area contributed by atoms with E-state index in [1.165, 1.54) is 0 Å². The van der Waals surface area contributed by atoms with Gasteiger partial charge in [0.05, 0.1) is 12.7 Å². The first-order valence-corrected chi connectivity index (χ1v) is 9.01. The van der Waals surface area contributed by atoms with Crippen molar-refractivity contribution >= 4 is 34.4 Å². The molecule has 2 aromatic carbocycles. The number of fused-ring (bicyclic) bond motifs is 1. The Bertz CT molecular complexity index is 1230. The van der Waals surface area contributed by atoms with Gasteiger partial charge in [-0.05, 0) is 23.8 Å². The van der Waals surface area contributed by atoms with E-state index in [0.29, 0.717) is 22.7 Å². The minimum absolute atomic E-state index is 0.0510. The molecule has 0 spiro atoms. The summed E-state index contributed by atoms with van der Waals surface area (Å²) < 4.78 is 1.77. The largest absolute Gasteiger partial charge is 0.360 e. The third-order valence-electron chi connectivity index (χ3n) is 4.41. The number of halogens is 1. The number of aromatic nitrogens is 3. The smallest absolute Gasteiger partial charge is 0.205 e. The maximum absolute atomic E-state index is 12.9. The van der Waals surface area contributed by atoms with Crippen LogP contribution in [0, 0.1) is 11.3 Å². The molecular formula is C22H15ClN4O. The van der Waals surface area contributed by atoms with Gasteiger partial charge in [0.15, 0.2) is 0 Å². The molecular weight excluding hydrogens is 372 g/mol. The van der Waals surface area contributed by atoms with E-state index in [4.69, 9.17) is 11.6 Å². The highest BCUT2D eigenvalue weighted by Gasteiger charge is 2.17. The molecule has 6 heteroatoms. The van der Waals surface area contributed by atoms with E-state index >= 15 is 0 Å². The molecule has 0 fully saturated rings. The van der Waals surface area contributed by atoms with Crippen LogP contribution in [-0.2, 0) is 6.54 Å². The zero-order chi connectivity index (χ0) is 19.5. The SMILES string of the molecule is N#C/C(=C\c1cnn(Cc2ccccc2)c1)C(=O)c1c[nH]c2cc(Cl)ccc12. The molecule has 28 heavy (non-hydrogen) atoms. The molecule has 0 aliphatic rings. The Morgan fingerprint density at radius 3 is 2.86 bits per heavy atom. The highest BCUT2D eigenvalue weighted by atomic mass is 35.5. The van der Waals surface area contributed by atoms with Crippen LogP contribution in [0.4, 0.5) is 0 Å². The average molecular weight is 387 g/mol. The normalized spacial score (nSPS) is 11.5. The van der Waals surface area contributed by atoms with Crippen LogP contribution in [-0.4, -0.2) is 20.5 Å². The molecule has 5 nitrogen and oxygen atoms in total. The summed E-state index contributed by atoms with van der Waals surface area (Å²) in [4.78, 5) is 15.9. The summed E-state index contributed by atoms with van der Waals surface area (Å²) >= 11 is 5.99. The molecule has 2 heterocycles. The van der Waals surface area contributed by atoms with E-state index in [1.54, 1.807) is 41.4 Å². The van der Waals surface area contributed by atoms with Gasteiger partial charge >= 0.3 is 0 Å². The molecule has 136 valence electrons. The molecule has 2 aromatic heterocycles. The average Bonchev–Trinajstić information content (AvgIpc) is 3.32. The molecule has 0 unspecified atom stereocenters. The van der Waals surface area contributed by atoms with Gasteiger partial charge in [-0.2, -0.15) is 10.4 Å². The lowest BCUT2D eigenvalue weighted by molar-refractivity contribution is 0.104. The van der Waals surface area contributed by atoms with Gasteiger partial charge in [0.25, 0.3) is 0 Å². The van der Waals surface area contributed by atoms with E-state index in [0.717, 1.165) is 16.5 Å². The highest BCUT2D eigenvalue weighted by Crippen LogP contribution is 2.24. The Morgan fingerprint density at radius 2 is 2.07 bits per heavy atom. The minimum Gasteiger partial charge on any atom is -0.360 e. The molecule has 0 aliphatic heterocycles. The number of hydrogen-bond acceptors (Lipinski definition) is 3. The summed E-state index contributed by atoms with van der Waals surface area (Å²) in [6.07, 6.45) is 6.62. The lowest BCUT2D eigenvalue weighted by atomic mass is 10.0. The Labute approximate surface area is 166 Å². The molecule has 4 rings (SSSR count). The number of ketones is 1. The van der Waals surface area contributed by atoms with Gasteiger partial charge in [-0.3, -0.25) is 9.48 Å². The first-order chi connectivity index (χ1) is 13.6. The second-order valence-corrected chi connectivity index (χ2v) is 6.78. The molecule has 0 saturated heterocycles. The van der Waals surface area contributed by atoms with Crippen molar-refractivity contribution in [2.24, 2.45) is 0 Å². The first-order valence-electron chi connectivity index (χ1n) is 8.63. The first kappa shape index (κ1) is 17.8. The van der Waals surface area contributed by atoms with Crippen LogP contribution < -0.4 is 0 Å². The standard InChI is InChI=1S/C22H15ClN4O/c23-18-6-7-19-20(12-25-21(19)9-18)22(28)17(10-24)8-16-11-26-27(14-16)13-15-4-2-1-3-5-15/h1-9,11-12,14,25H,13H2/b17-8+. The number of benzene rings is 2. The van der Waals surface area contributed by atoms with Crippen LogP contribution in [0.5, 0.6) is 0 Å². The number of allylic oxidation sites excluding steroid dienone is 1. The Morgan fingerprint density at radius 1 is 1.25 bits per heavy atom. The Balaban J connectivity index is 1.60. The van der Waals surface area contributed by atoms with Crippen molar-refractivity contribution in [1.29, 1.82) is 5.26 Å². The fraction of sp³-hybridized carbons (Fsp3) is 0.0455. The number of rotatable bonds is 5. The molecule has 0 bridgehead atoms. The lowest BCUT2D eigenvalue weighted by Gasteiger charge is -2.00. The third kappa shape index (κ3) is 3.59. The number of nitrogens with zero attached hydrogens (tertiary/aromatic N) is 3. The fourth-order valence-corrected chi connectivity index (χ4v) is 3.23. The second kappa shape index (κ2) is 7.55. The van der Waals surface area contributed by atoms with Crippen LogP contribution in [0.25, 0.3) is 17.0 Å². The third-order valence-corrected chi connectivity index (χ3v) is 4.64. The number of hydrogen-bond donors (Lipinski definition) is 1. The minimum atomic E-state index is -0.341. The van der Waals surface area contributed by atoms with Crippen molar-refractivity contribution in [2.45, 2.75) is 6.54 Å². The van der Waals surface area contributed by atoms with Gasteiger partial charge in [-0.1, -0.05) is 48.0 Å². The van der Waals surface area contributed by atoms with E-state index in [1.807, 2.05) is 42.6 Å². The number of nitriles is 1.